The zero-order chi connectivity index (χ0) is 25.7. The Bertz CT molecular complexity index is 1280. The van der Waals surface area contributed by atoms with Crippen molar-refractivity contribution in [3.63, 3.8) is 0 Å². The van der Waals surface area contributed by atoms with Crippen LogP contribution in [0, 0.1) is 12.7 Å². The summed E-state index contributed by atoms with van der Waals surface area (Å²) in [6.45, 7) is 5.98. The Balaban J connectivity index is 1.39. The minimum Gasteiger partial charge on any atom is -0.506 e. The van der Waals surface area contributed by atoms with Crippen LogP contribution in [0.5, 0.6) is 5.75 Å². The molecule has 7 nitrogen and oxygen atoms in total. The highest BCUT2D eigenvalue weighted by atomic mass is 32.3. The van der Waals surface area contributed by atoms with Gasteiger partial charge in [0.2, 0.25) is 0 Å². The van der Waals surface area contributed by atoms with Gasteiger partial charge in [0.15, 0.2) is 0 Å². The molecule has 3 aromatic rings. The van der Waals surface area contributed by atoms with Gasteiger partial charge in [-0.25, -0.2) is 4.39 Å². The number of pyridine rings is 1. The summed E-state index contributed by atoms with van der Waals surface area (Å²) in [7, 11) is -1.54. The second-order valence-corrected chi connectivity index (χ2v) is 12.0. The molecule has 9 heteroatoms. The van der Waals surface area contributed by atoms with Crippen molar-refractivity contribution in [2.75, 3.05) is 24.4 Å². The van der Waals surface area contributed by atoms with E-state index in [4.69, 9.17) is 0 Å². The van der Waals surface area contributed by atoms with Crippen LogP contribution in [-0.2, 0) is 6.54 Å². The third-order valence-corrected chi connectivity index (χ3v) is 9.61. The lowest BCUT2D eigenvalue weighted by Gasteiger charge is -2.51. The number of aryl methyl sites for hydroxylation is 1. The Morgan fingerprint density at radius 1 is 1.11 bits per heavy atom. The van der Waals surface area contributed by atoms with Crippen molar-refractivity contribution in [1.82, 2.24) is 14.2 Å². The number of rotatable bonds is 4. The van der Waals surface area contributed by atoms with Gasteiger partial charge in [0.25, 0.3) is 0 Å². The van der Waals surface area contributed by atoms with Crippen LogP contribution in [0.4, 0.5) is 10.1 Å². The number of likely N-dealkylation sites (tertiary alicyclic amines) is 1. The van der Waals surface area contributed by atoms with Crippen molar-refractivity contribution in [3.05, 3.63) is 77.9 Å². The maximum atomic E-state index is 14.1. The summed E-state index contributed by atoms with van der Waals surface area (Å²) < 4.78 is 39.5. The summed E-state index contributed by atoms with van der Waals surface area (Å²) in [5.41, 5.74) is 3.66. The van der Waals surface area contributed by atoms with Crippen LogP contribution in [0.3, 0.4) is 0 Å². The molecule has 0 bridgehead atoms. The van der Waals surface area contributed by atoms with E-state index >= 15 is 0 Å². The molecular weight excluding hydrogens is 479 g/mol. The number of aromatic hydroxyl groups is 1. The largest absolute Gasteiger partial charge is 0.506 e. The molecule has 0 saturated carbocycles. The Morgan fingerprint density at radius 3 is 2.61 bits per heavy atom. The molecule has 2 atom stereocenters. The van der Waals surface area contributed by atoms with E-state index in [1.165, 1.54) is 18.3 Å². The van der Waals surface area contributed by atoms with E-state index in [2.05, 4.69) is 16.8 Å². The van der Waals surface area contributed by atoms with Crippen LogP contribution in [0.1, 0.15) is 31.0 Å². The summed E-state index contributed by atoms with van der Waals surface area (Å²) in [6, 6.07) is 16.1. The Morgan fingerprint density at radius 2 is 1.89 bits per heavy atom. The number of halogens is 1. The molecule has 36 heavy (non-hydrogen) atoms. The summed E-state index contributed by atoms with van der Waals surface area (Å²) in [5, 5.41) is 10.5. The van der Waals surface area contributed by atoms with Crippen LogP contribution < -0.4 is 4.31 Å². The molecule has 0 unspecified atom stereocenters. The van der Waals surface area contributed by atoms with Gasteiger partial charge in [-0.3, -0.25) is 23.3 Å². The van der Waals surface area contributed by atoms with E-state index in [1.54, 1.807) is 27.8 Å². The fraction of sp³-hybridized carbons (Fsp3) is 0.370. The van der Waals surface area contributed by atoms with Crippen molar-refractivity contribution >= 4 is 16.6 Å². The molecule has 2 aliphatic rings. The first-order valence-corrected chi connectivity index (χ1v) is 13.6. The third-order valence-electron chi connectivity index (χ3n) is 7.56. The standard InChI is InChI=1S/C27H33FN4O3S/c1-19-7-4-5-10-24(19)25-14-22(29-16-26(25)33)17-31-12-11-27(15-20(31)2)18-30(3)36(34,35)32(27)23-9-6-8-21(28)13-23/h4-10,13-14,16,20,33-35H,11-12,15,17-18H2,1-3H3/t20-,27+/m0/s1. The molecule has 0 aliphatic carbocycles. The lowest BCUT2D eigenvalue weighted by atomic mass is 9.82. The number of aromatic nitrogens is 1. The summed E-state index contributed by atoms with van der Waals surface area (Å²) >= 11 is 0. The number of hydrogen-bond donors (Lipinski definition) is 3. The van der Waals surface area contributed by atoms with Crippen LogP contribution in [0.2, 0.25) is 0 Å². The Kier molecular flexibility index (Phi) is 6.46. The van der Waals surface area contributed by atoms with Crippen LogP contribution >= 0.6 is 11.0 Å². The SMILES string of the molecule is Cc1ccccc1-c1cc(CN2CC[C@@]3(C[C@@H]2C)CN(C)S(O)(O)N3c2cccc(F)c2)ncc1O. The van der Waals surface area contributed by atoms with Crippen LogP contribution in [0.15, 0.2) is 60.8 Å². The molecule has 2 aromatic carbocycles. The first-order chi connectivity index (χ1) is 17.1. The maximum Gasteiger partial charge on any atom is 0.141 e. The smallest absolute Gasteiger partial charge is 0.141 e. The zero-order valence-corrected chi connectivity index (χ0v) is 21.6. The van der Waals surface area contributed by atoms with Crippen molar-refractivity contribution in [3.8, 4) is 16.9 Å². The first-order valence-electron chi connectivity index (χ1n) is 12.1. The molecule has 2 aliphatic heterocycles. The molecule has 0 amide bonds. The van der Waals surface area contributed by atoms with E-state index in [9.17, 15) is 18.6 Å². The molecular formula is C27H33FN4O3S. The lowest BCUT2D eigenvalue weighted by molar-refractivity contribution is 0.0992. The summed E-state index contributed by atoms with van der Waals surface area (Å²) in [4.78, 5) is 6.82. The minimum atomic E-state index is -3.25. The molecule has 2 fully saturated rings. The molecule has 0 radical (unpaired) electrons. The average Bonchev–Trinajstić information content (AvgIpc) is 3.01. The fourth-order valence-corrected chi connectivity index (χ4v) is 7.61. The van der Waals surface area contributed by atoms with Gasteiger partial charge in [-0.1, -0.05) is 41.3 Å². The number of likely N-dealkylation sites (N-methyl/N-ethyl adjacent to an activating group) is 1. The van der Waals surface area contributed by atoms with E-state index in [1.807, 2.05) is 37.3 Å². The first kappa shape index (κ1) is 25.0. The minimum absolute atomic E-state index is 0.119. The predicted molar refractivity (Wildman–Crippen MR) is 142 cm³/mol. The van der Waals surface area contributed by atoms with Crippen LogP contribution in [0.25, 0.3) is 11.1 Å². The quantitative estimate of drug-likeness (QED) is 0.416. The Hall–Kier alpha value is -2.69. The maximum absolute atomic E-state index is 14.1. The lowest BCUT2D eigenvalue weighted by Crippen LogP contribution is -2.57. The van der Waals surface area contributed by atoms with Gasteiger partial charge in [-0.15, -0.1) is 0 Å². The number of nitrogens with zero attached hydrogens (tertiary/aromatic N) is 4. The topological polar surface area (TPSA) is 83.3 Å². The average molecular weight is 513 g/mol. The predicted octanol–water partition coefficient (Wildman–Crippen LogP) is 5.66. The number of piperidine rings is 1. The molecule has 2 saturated heterocycles. The third kappa shape index (κ3) is 4.35. The van der Waals surface area contributed by atoms with Gasteiger partial charge in [0, 0.05) is 38.3 Å². The molecule has 3 N–H and O–H groups in total. The van der Waals surface area contributed by atoms with Crippen molar-refractivity contribution in [2.24, 2.45) is 0 Å². The molecule has 3 heterocycles. The highest BCUT2D eigenvalue weighted by Gasteiger charge is 2.55. The van der Waals surface area contributed by atoms with E-state index < -0.39 is 22.3 Å². The van der Waals surface area contributed by atoms with Crippen molar-refractivity contribution < 1.29 is 18.6 Å². The number of anilines is 1. The number of benzene rings is 2. The second kappa shape index (κ2) is 9.32. The van der Waals surface area contributed by atoms with Gasteiger partial charge in [0.05, 0.1) is 23.1 Å². The summed E-state index contributed by atoms with van der Waals surface area (Å²) in [5.74, 6) is -0.246. The van der Waals surface area contributed by atoms with Crippen molar-refractivity contribution in [1.29, 1.82) is 0 Å². The van der Waals surface area contributed by atoms with Gasteiger partial charge in [-0.2, -0.15) is 4.31 Å². The number of hydrogen-bond acceptors (Lipinski definition) is 7. The Labute approximate surface area is 213 Å². The molecule has 1 aromatic heterocycles. The summed E-state index contributed by atoms with van der Waals surface area (Å²) in [6.07, 6.45) is 2.89. The highest BCUT2D eigenvalue weighted by Crippen LogP contribution is 2.61. The molecule has 1 spiro atoms. The molecule has 192 valence electrons. The van der Waals surface area contributed by atoms with E-state index in [0.717, 1.165) is 28.9 Å². The van der Waals surface area contributed by atoms with Crippen LogP contribution in [-0.4, -0.2) is 60.1 Å². The highest BCUT2D eigenvalue weighted by molar-refractivity contribution is 8.23. The molecule has 5 rings (SSSR count). The normalized spacial score (nSPS) is 25.4. The zero-order valence-electron chi connectivity index (χ0n) is 20.8. The van der Waals surface area contributed by atoms with Gasteiger partial charge >= 0.3 is 0 Å². The van der Waals surface area contributed by atoms with Gasteiger partial charge in [-0.05, 0) is 62.1 Å². The second-order valence-electron chi connectivity index (χ2n) is 10.1. The van der Waals surface area contributed by atoms with Gasteiger partial charge < -0.3 is 5.11 Å². The van der Waals surface area contributed by atoms with Gasteiger partial charge in [0.1, 0.15) is 11.6 Å². The van der Waals surface area contributed by atoms with E-state index in [-0.39, 0.29) is 11.8 Å². The monoisotopic (exact) mass is 512 g/mol. The van der Waals surface area contributed by atoms with Crippen molar-refractivity contribution in [2.45, 2.75) is 44.8 Å². The van der Waals surface area contributed by atoms with E-state index in [0.29, 0.717) is 31.6 Å². The fourth-order valence-electron chi connectivity index (χ4n) is 5.78.